The summed E-state index contributed by atoms with van der Waals surface area (Å²) < 4.78 is 15.0. The highest BCUT2D eigenvalue weighted by atomic mass is 16.5. The van der Waals surface area contributed by atoms with E-state index in [1.165, 1.54) is 16.4 Å². The Kier molecular flexibility index (Phi) is 12.3. The molecule has 0 bridgehead atoms. The molecule has 0 aromatic heterocycles. The zero-order valence-corrected chi connectivity index (χ0v) is 51.0. The van der Waals surface area contributed by atoms with Crippen molar-refractivity contribution >= 4 is 149 Å². The van der Waals surface area contributed by atoms with Crippen molar-refractivity contribution in [1.82, 2.24) is 0 Å². The summed E-state index contributed by atoms with van der Waals surface area (Å²) in [6.45, 7) is -0.544. The lowest BCUT2D eigenvalue weighted by Gasteiger charge is -2.47. The number of hydrogen-bond acceptors (Lipinski definition) is 8. The Balaban J connectivity index is 0.925. The van der Waals surface area contributed by atoms with E-state index in [0.29, 0.717) is 11.5 Å². The van der Waals surface area contributed by atoms with Crippen LogP contribution in [0.1, 0.15) is 0 Å². The van der Waals surface area contributed by atoms with Crippen LogP contribution in [0.3, 0.4) is 0 Å². The van der Waals surface area contributed by atoms with Crippen molar-refractivity contribution < 1.29 is 9.47 Å². The number of hydrogen-bond donors (Lipinski definition) is 0. The molecule has 5 heterocycles. The number of anilines is 18. The molecule has 19 rings (SSSR count). The van der Waals surface area contributed by atoms with E-state index >= 15 is 0 Å². The largest absolute Gasteiger partial charge is 0.454 e. The summed E-state index contributed by atoms with van der Waals surface area (Å²) >= 11 is 0. The Morgan fingerprint density at radius 1 is 0.213 bits per heavy atom. The molecule has 0 atom stereocenters. The van der Waals surface area contributed by atoms with E-state index in [9.17, 15) is 0 Å². The van der Waals surface area contributed by atoms with Crippen LogP contribution in [0.2, 0.25) is 0 Å². The van der Waals surface area contributed by atoms with Gasteiger partial charge >= 0.3 is 0 Å². The van der Waals surface area contributed by atoms with Crippen LogP contribution in [-0.4, -0.2) is 13.4 Å². The third-order valence-electron chi connectivity index (χ3n) is 19.1. The van der Waals surface area contributed by atoms with Crippen molar-refractivity contribution in [2.24, 2.45) is 0 Å². The zero-order valence-electron chi connectivity index (χ0n) is 51.0. The molecule has 0 saturated heterocycles. The van der Waals surface area contributed by atoms with Crippen LogP contribution in [0.4, 0.5) is 102 Å². The van der Waals surface area contributed by atoms with E-state index in [4.69, 9.17) is 9.47 Å². The highest BCUT2D eigenvalue weighted by Gasteiger charge is 2.49. The summed E-state index contributed by atoms with van der Waals surface area (Å²) in [6, 6.07) is 123. The fourth-order valence-electron chi connectivity index (χ4n) is 15.3. The fraction of sp³-hybridized carbons (Fsp3) is 0. The van der Waals surface area contributed by atoms with Crippen LogP contribution >= 0.6 is 0 Å². The standard InChI is InChI=1S/C84H56B2N6O2/c1-9-29-57(30-10-1)87(58-31-11-2-12-32-58)65-51-76-81-77(52-65)91(63-41-21-7-22-42-63)74-56-75-70(55-69(74)85(81)67-45-25-26-46-71(67)89(76)61-37-17-5-18-38-61)86-68-49-50-73-84(93-79-48-28-27-47-72(79)90(73)62-39-19-6-20-40-62)83(68)94-80-54-66(53-78(82(80)86)92(75)64-43-23-8-24-44-64)88(59-33-13-3-14-34-59)60-35-15-4-16-36-60/h1-56H. The highest BCUT2D eigenvalue weighted by Crippen LogP contribution is 2.57. The molecule has 94 heavy (non-hydrogen) atoms. The molecular formula is C84H56B2N6O2. The van der Waals surface area contributed by atoms with Crippen LogP contribution in [0.15, 0.2) is 340 Å². The molecule has 5 aliphatic rings. The van der Waals surface area contributed by atoms with Crippen molar-refractivity contribution in [3.05, 3.63) is 340 Å². The summed E-state index contributed by atoms with van der Waals surface area (Å²) in [7, 11) is 0. The maximum Gasteiger partial charge on any atom is 0.256 e. The molecule has 440 valence electrons. The van der Waals surface area contributed by atoms with Gasteiger partial charge in [0, 0.05) is 85.7 Å². The number of nitrogens with zero attached hydrogens (tertiary/aromatic N) is 6. The van der Waals surface area contributed by atoms with Crippen molar-refractivity contribution in [2.75, 3.05) is 29.4 Å². The molecule has 0 spiro atoms. The molecular weight excluding hydrogens is 1150 g/mol. The minimum atomic E-state index is -0.334. The quantitative estimate of drug-likeness (QED) is 0.125. The average Bonchev–Trinajstić information content (AvgIpc) is 0.686. The van der Waals surface area contributed by atoms with Gasteiger partial charge in [0.05, 0.1) is 22.7 Å². The topological polar surface area (TPSA) is 37.9 Å². The summed E-state index contributed by atoms with van der Waals surface area (Å²) in [6.07, 6.45) is 0. The summed E-state index contributed by atoms with van der Waals surface area (Å²) in [4.78, 5) is 14.6. The van der Waals surface area contributed by atoms with Crippen LogP contribution in [-0.2, 0) is 0 Å². The SMILES string of the molecule is c1ccc(N(c2ccccc2)c2cc3c4c(c2)N(c2ccccc2)c2cc5c(cc2B4c2ccc4c(c2O3)Oc2ccccc2N4c2ccccc2)B2c3ccccc3N(c3ccccc3)c3cc(N(c4ccccc4)c4ccccc4)cc(c32)N5c2ccccc2)cc1. The highest BCUT2D eigenvalue weighted by molar-refractivity contribution is 7.02. The second-order valence-electron chi connectivity index (χ2n) is 24.4. The molecule has 0 unspecified atom stereocenters. The smallest absolute Gasteiger partial charge is 0.256 e. The number of ether oxygens (including phenoxy) is 2. The van der Waals surface area contributed by atoms with Crippen LogP contribution in [0.25, 0.3) is 0 Å². The predicted octanol–water partition coefficient (Wildman–Crippen LogP) is 18.7. The lowest BCUT2D eigenvalue weighted by molar-refractivity contribution is 0.419. The molecule has 5 aliphatic heterocycles. The Hall–Kier alpha value is -12.4. The van der Waals surface area contributed by atoms with Gasteiger partial charge < -0.3 is 38.9 Å². The second-order valence-corrected chi connectivity index (χ2v) is 24.4. The van der Waals surface area contributed by atoms with Crippen LogP contribution < -0.4 is 71.7 Å². The van der Waals surface area contributed by atoms with Crippen molar-refractivity contribution in [2.45, 2.75) is 0 Å². The number of benzene rings is 14. The number of para-hydroxylation sites is 11. The van der Waals surface area contributed by atoms with E-state index in [1.807, 2.05) is 6.07 Å². The van der Waals surface area contributed by atoms with Crippen LogP contribution in [0, 0.1) is 0 Å². The Labute approximate surface area is 547 Å². The predicted molar refractivity (Wildman–Crippen MR) is 390 cm³/mol. The van der Waals surface area contributed by atoms with Crippen molar-refractivity contribution in [3.63, 3.8) is 0 Å². The number of rotatable bonds is 10. The molecule has 10 heteroatoms. The Bertz CT molecular complexity index is 5170. The van der Waals surface area contributed by atoms with E-state index in [1.54, 1.807) is 0 Å². The van der Waals surface area contributed by atoms with Gasteiger partial charge in [-0.15, -0.1) is 0 Å². The molecule has 0 fully saturated rings. The first-order valence-corrected chi connectivity index (χ1v) is 32.1. The van der Waals surface area contributed by atoms with Gasteiger partial charge in [0.15, 0.2) is 17.2 Å². The van der Waals surface area contributed by atoms with E-state index in [-0.39, 0.29) is 13.4 Å². The fourth-order valence-corrected chi connectivity index (χ4v) is 15.3. The van der Waals surface area contributed by atoms with Gasteiger partial charge in [-0.2, -0.15) is 0 Å². The van der Waals surface area contributed by atoms with Gasteiger partial charge in [-0.05, 0) is 178 Å². The maximum absolute atomic E-state index is 7.76. The zero-order chi connectivity index (χ0) is 61.8. The molecule has 0 saturated carbocycles. The Morgan fingerprint density at radius 2 is 0.574 bits per heavy atom. The second kappa shape index (κ2) is 21.7. The molecule has 0 aliphatic carbocycles. The molecule has 14 aromatic rings. The van der Waals surface area contributed by atoms with Gasteiger partial charge in [0.25, 0.3) is 13.4 Å². The van der Waals surface area contributed by atoms with Crippen LogP contribution in [0.5, 0.6) is 23.0 Å². The summed E-state index contributed by atoms with van der Waals surface area (Å²) in [5, 5.41) is 0. The van der Waals surface area contributed by atoms with E-state index in [2.05, 4.69) is 363 Å². The van der Waals surface area contributed by atoms with E-state index < -0.39 is 0 Å². The summed E-state index contributed by atoms with van der Waals surface area (Å²) in [5.41, 5.74) is 25.6. The van der Waals surface area contributed by atoms with Gasteiger partial charge in [0.2, 0.25) is 0 Å². The first-order chi connectivity index (χ1) is 46.7. The molecule has 14 aromatic carbocycles. The molecule has 0 amide bonds. The lowest BCUT2D eigenvalue weighted by Crippen LogP contribution is -2.64. The van der Waals surface area contributed by atoms with Crippen molar-refractivity contribution in [3.8, 4) is 23.0 Å². The minimum Gasteiger partial charge on any atom is -0.454 e. The number of fused-ring (bicyclic) bond motifs is 11. The van der Waals surface area contributed by atoms with Gasteiger partial charge in [-0.3, -0.25) is 0 Å². The normalized spacial score (nSPS) is 13.1. The monoisotopic (exact) mass is 1200 g/mol. The minimum absolute atomic E-state index is 0.210. The third kappa shape index (κ3) is 8.36. The first kappa shape index (κ1) is 53.4. The van der Waals surface area contributed by atoms with Gasteiger partial charge in [-0.1, -0.05) is 188 Å². The molecule has 0 radical (unpaired) electrons. The maximum atomic E-state index is 7.76. The molecule has 0 N–H and O–H groups in total. The molecule has 8 nitrogen and oxygen atoms in total. The third-order valence-corrected chi connectivity index (χ3v) is 19.1. The van der Waals surface area contributed by atoms with Crippen molar-refractivity contribution in [1.29, 1.82) is 0 Å². The average molecular weight is 1200 g/mol. The first-order valence-electron chi connectivity index (χ1n) is 32.1. The Morgan fingerprint density at radius 3 is 1.05 bits per heavy atom. The van der Waals surface area contributed by atoms with E-state index in [0.717, 1.165) is 130 Å². The van der Waals surface area contributed by atoms with Gasteiger partial charge in [-0.25, -0.2) is 0 Å². The lowest BCUT2D eigenvalue weighted by atomic mass is 9.30. The summed E-state index contributed by atoms with van der Waals surface area (Å²) in [5.74, 6) is 2.85. The van der Waals surface area contributed by atoms with Gasteiger partial charge in [0.1, 0.15) is 5.75 Å².